The second-order valence-electron chi connectivity index (χ2n) is 6.64. The first kappa shape index (κ1) is 21.8. The topological polar surface area (TPSA) is 85.2 Å². The number of hydrogen-bond acceptors (Lipinski definition) is 6. The van der Waals surface area contributed by atoms with Gasteiger partial charge >= 0.3 is 0 Å². The molecule has 3 aromatic carbocycles. The highest BCUT2D eigenvalue weighted by Gasteiger charge is 2.10. The van der Waals surface area contributed by atoms with Crippen molar-refractivity contribution < 1.29 is 29.2 Å². The lowest BCUT2D eigenvalue weighted by Gasteiger charge is -2.14. The molecule has 0 amide bonds. The minimum Gasteiger partial charge on any atom is -0.508 e. The molecule has 0 aromatic heterocycles. The van der Waals surface area contributed by atoms with Crippen molar-refractivity contribution in [3.05, 3.63) is 83.4 Å². The molecule has 0 fully saturated rings. The third-order valence-electron chi connectivity index (χ3n) is 4.51. The van der Waals surface area contributed by atoms with Crippen molar-refractivity contribution in [1.82, 2.24) is 0 Å². The Hall–Kier alpha value is -3.93. The number of methoxy groups -OCH3 is 1. The summed E-state index contributed by atoms with van der Waals surface area (Å²) in [7, 11) is 1.58. The van der Waals surface area contributed by atoms with Crippen molar-refractivity contribution in [1.29, 1.82) is 0 Å². The largest absolute Gasteiger partial charge is 0.508 e. The third kappa shape index (κ3) is 5.57. The first-order valence-corrected chi connectivity index (χ1v) is 9.77. The van der Waals surface area contributed by atoms with Crippen molar-refractivity contribution in [3.63, 3.8) is 0 Å². The van der Waals surface area contributed by atoms with Crippen molar-refractivity contribution in [3.8, 4) is 28.7 Å². The van der Waals surface area contributed by atoms with E-state index in [1.807, 2.05) is 43.3 Å². The number of benzene rings is 3. The number of phenols is 2. The minimum atomic E-state index is -0.378. The highest BCUT2D eigenvalue weighted by atomic mass is 16.5. The van der Waals surface area contributed by atoms with E-state index >= 15 is 0 Å². The Morgan fingerprint density at radius 3 is 2.35 bits per heavy atom. The molecule has 0 bridgehead atoms. The van der Waals surface area contributed by atoms with Gasteiger partial charge in [-0.05, 0) is 55.0 Å². The van der Waals surface area contributed by atoms with Crippen molar-refractivity contribution >= 4 is 11.9 Å². The van der Waals surface area contributed by atoms with Gasteiger partial charge in [-0.1, -0.05) is 24.3 Å². The number of allylic oxidation sites excluding steroid dienone is 1. The summed E-state index contributed by atoms with van der Waals surface area (Å²) in [5.41, 5.74) is 1.68. The molecule has 3 rings (SSSR count). The molecule has 2 N–H and O–H groups in total. The Balaban J connectivity index is 1.77. The molecule has 0 spiro atoms. The van der Waals surface area contributed by atoms with Crippen molar-refractivity contribution in [2.45, 2.75) is 13.5 Å². The molecule has 3 aromatic rings. The number of aromatic hydroxyl groups is 2. The van der Waals surface area contributed by atoms with E-state index in [9.17, 15) is 15.0 Å². The Labute approximate surface area is 181 Å². The van der Waals surface area contributed by atoms with E-state index in [1.165, 1.54) is 18.2 Å². The van der Waals surface area contributed by atoms with Crippen LogP contribution in [0.4, 0.5) is 0 Å². The number of ketones is 1. The number of ether oxygens (including phenoxy) is 3. The highest BCUT2D eigenvalue weighted by molar-refractivity contribution is 6.08. The predicted octanol–water partition coefficient (Wildman–Crippen LogP) is 4.98. The number of phenolic OH excluding ortho intramolecular Hbond substituents is 2. The first-order valence-electron chi connectivity index (χ1n) is 9.77. The maximum Gasteiger partial charge on any atom is 0.189 e. The van der Waals surface area contributed by atoms with Crippen LogP contribution >= 0.6 is 0 Å². The van der Waals surface area contributed by atoms with Crippen LogP contribution in [0.15, 0.2) is 66.7 Å². The Kier molecular flexibility index (Phi) is 7.17. The average molecular weight is 420 g/mol. The Morgan fingerprint density at radius 2 is 1.68 bits per heavy atom. The van der Waals surface area contributed by atoms with Crippen LogP contribution in [0, 0.1) is 0 Å². The van der Waals surface area contributed by atoms with Gasteiger partial charge in [0, 0.05) is 11.6 Å². The number of rotatable bonds is 9. The van der Waals surface area contributed by atoms with E-state index in [0.717, 1.165) is 17.2 Å². The molecule has 0 radical (unpaired) electrons. The van der Waals surface area contributed by atoms with Crippen LogP contribution in [0.5, 0.6) is 28.7 Å². The molecule has 0 saturated carbocycles. The number of carbonyl (C=O) groups excluding carboxylic acids is 1. The lowest BCUT2D eigenvalue weighted by Crippen LogP contribution is -2.01. The summed E-state index contributed by atoms with van der Waals surface area (Å²) < 4.78 is 17.0. The van der Waals surface area contributed by atoms with Crippen molar-refractivity contribution in [2.75, 3.05) is 13.7 Å². The monoisotopic (exact) mass is 420 g/mol. The standard InChI is InChI=1S/C25H24O6/c1-3-30-24-6-4-5-7-25(24)31-16-18-14-17(9-13-23(18)29-2)8-12-21(27)20-11-10-19(26)15-22(20)28/h4-15,26,28H,3,16H2,1-2H3/b12-8+. The average Bonchev–Trinajstić information content (AvgIpc) is 2.77. The summed E-state index contributed by atoms with van der Waals surface area (Å²) in [5.74, 6) is 1.20. The summed E-state index contributed by atoms with van der Waals surface area (Å²) in [6.45, 7) is 2.70. The van der Waals surface area contributed by atoms with Gasteiger partial charge in [0.05, 0.1) is 19.3 Å². The zero-order valence-corrected chi connectivity index (χ0v) is 17.4. The number of hydrogen-bond donors (Lipinski definition) is 2. The second kappa shape index (κ2) is 10.2. The molecule has 0 unspecified atom stereocenters. The van der Waals surface area contributed by atoms with Gasteiger partial charge in [-0.25, -0.2) is 0 Å². The van der Waals surface area contributed by atoms with Crippen LogP contribution in [-0.2, 0) is 6.61 Å². The fraction of sp³-hybridized carbons (Fsp3) is 0.160. The summed E-state index contributed by atoms with van der Waals surface area (Å²) in [4.78, 5) is 12.4. The molecule has 6 heteroatoms. The van der Waals surface area contributed by atoms with Crippen LogP contribution in [0.2, 0.25) is 0 Å². The van der Waals surface area contributed by atoms with Crippen LogP contribution in [0.25, 0.3) is 6.08 Å². The second-order valence-corrected chi connectivity index (χ2v) is 6.64. The van der Waals surface area contributed by atoms with Gasteiger partial charge in [-0.3, -0.25) is 4.79 Å². The summed E-state index contributed by atoms with van der Waals surface area (Å²) in [6, 6.07) is 16.8. The normalized spacial score (nSPS) is 10.8. The minimum absolute atomic E-state index is 0.108. The van der Waals surface area contributed by atoms with E-state index in [4.69, 9.17) is 14.2 Å². The van der Waals surface area contributed by atoms with E-state index in [2.05, 4.69) is 0 Å². The van der Waals surface area contributed by atoms with Gasteiger partial charge in [0.25, 0.3) is 0 Å². The van der Waals surface area contributed by atoms with Gasteiger partial charge in [0.1, 0.15) is 23.9 Å². The molecule has 6 nitrogen and oxygen atoms in total. The zero-order valence-electron chi connectivity index (χ0n) is 17.4. The van der Waals surface area contributed by atoms with E-state index < -0.39 is 0 Å². The SMILES string of the molecule is CCOc1ccccc1OCc1cc(/C=C/C(=O)c2ccc(O)cc2O)ccc1OC. The number of para-hydroxylation sites is 2. The van der Waals surface area contributed by atoms with E-state index in [1.54, 1.807) is 19.3 Å². The highest BCUT2D eigenvalue weighted by Crippen LogP contribution is 2.29. The smallest absolute Gasteiger partial charge is 0.189 e. The number of carbonyl (C=O) groups is 1. The van der Waals surface area contributed by atoms with Crippen LogP contribution in [-0.4, -0.2) is 29.7 Å². The van der Waals surface area contributed by atoms with E-state index in [-0.39, 0.29) is 29.5 Å². The third-order valence-corrected chi connectivity index (χ3v) is 4.51. The van der Waals surface area contributed by atoms with Crippen LogP contribution in [0.3, 0.4) is 0 Å². The maximum atomic E-state index is 12.4. The molecule has 0 aliphatic carbocycles. The van der Waals surface area contributed by atoms with Crippen LogP contribution in [0.1, 0.15) is 28.4 Å². The van der Waals surface area contributed by atoms with Gasteiger partial charge in [0.15, 0.2) is 17.3 Å². The Bertz CT molecular complexity index is 1090. The fourth-order valence-electron chi connectivity index (χ4n) is 3.00. The molecule has 160 valence electrons. The molecule has 0 heterocycles. The molecular formula is C25H24O6. The van der Waals surface area contributed by atoms with Crippen LogP contribution < -0.4 is 14.2 Å². The quantitative estimate of drug-likeness (QED) is 0.375. The maximum absolute atomic E-state index is 12.4. The lowest BCUT2D eigenvalue weighted by molar-refractivity contribution is 0.104. The summed E-state index contributed by atoms with van der Waals surface area (Å²) in [6.07, 6.45) is 3.01. The Morgan fingerprint density at radius 1 is 0.935 bits per heavy atom. The molecular weight excluding hydrogens is 396 g/mol. The lowest BCUT2D eigenvalue weighted by atomic mass is 10.1. The summed E-state index contributed by atoms with van der Waals surface area (Å²) in [5, 5.41) is 19.2. The summed E-state index contributed by atoms with van der Waals surface area (Å²) >= 11 is 0. The first-order chi connectivity index (χ1) is 15.0. The molecule has 0 aliphatic rings. The zero-order chi connectivity index (χ0) is 22.2. The van der Waals surface area contributed by atoms with Crippen molar-refractivity contribution in [2.24, 2.45) is 0 Å². The van der Waals surface area contributed by atoms with Gasteiger partial charge < -0.3 is 24.4 Å². The predicted molar refractivity (Wildman–Crippen MR) is 118 cm³/mol. The molecule has 0 saturated heterocycles. The van der Waals surface area contributed by atoms with Gasteiger partial charge in [0.2, 0.25) is 0 Å². The van der Waals surface area contributed by atoms with E-state index in [0.29, 0.717) is 23.9 Å². The molecule has 31 heavy (non-hydrogen) atoms. The fourth-order valence-corrected chi connectivity index (χ4v) is 3.00. The van der Waals surface area contributed by atoms with Gasteiger partial charge in [-0.15, -0.1) is 0 Å². The molecule has 0 atom stereocenters. The molecule has 0 aliphatic heterocycles. The van der Waals surface area contributed by atoms with Gasteiger partial charge in [-0.2, -0.15) is 0 Å².